The lowest BCUT2D eigenvalue weighted by Gasteiger charge is -2.11. The van der Waals surface area contributed by atoms with Gasteiger partial charge in [-0.1, -0.05) is 25.9 Å². The van der Waals surface area contributed by atoms with Crippen LogP contribution in [-0.2, 0) is 24.2 Å². The topological polar surface area (TPSA) is 67.2 Å². The summed E-state index contributed by atoms with van der Waals surface area (Å²) in [5, 5.41) is 9.96. The molecule has 0 fully saturated rings. The summed E-state index contributed by atoms with van der Waals surface area (Å²) in [6.07, 6.45) is 1.62. The highest BCUT2D eigenvalue weighted by molar-refractivity contribution is 5.78. The van der Waals surface area contributed by atoms with Crippen LogP contribution >= 0.6 is 0 Å². The molecule has 18 heavy (non-hydrogen) atoms. The van der Waals surface area contributed by atoms with Crippen LogP contribution in [0.5, 0.6) is 0 Å². The van der Waals surface area contributed by atoms with Gasteiger partial charge in [-0.2, -0.15) is 0 Å². The first-order valence-electron chi connectivity index (χ1n) is 6.52. The zero-order chi connectivity index (χ0) is 13.5. The summed E-state index contributed by atoms with van der Waals surface area (Å²) in [6.45, 7) is 7.14. The van der Waals surface area contributed by atoms with E-state index >= 15 is 0 Å². The average molecular weight is 253 g/mol. The quantitative estimate of drug-likeness (QED) is 0.768. The van der Waals surface area contributed by atoms with Gasteiger partial charge in [0, 0.05) is 31.0 Å². The molecule has 1 amide bonds. The van der Waals surface area contributed by atoms with E-state index in [1.807, 2.05) is 27.8 Å². The molecule has 5 heteroatoms. The van der Waals surface area contributed by atoms with E-state index in [4.69, 9.17) is 4.52 Å². The SMILES string of the molecule is CCc1noc(CC)c1CNC(=O)C(C)CNC. The molecule has 2 N–H and O–H groups in total. The van der Waals surface area contributed by atoms with Gasteiger partial charge in [0.15, 0.2) is 0 Å². The smallest absolute Gasteiger partial charge is 0.224 e. The van der Waals surface area contributed by atoms with E-state index in [1.165, 1.54) is 0 Å². The summed E-state index contributed by atoms with van der Waals surface area (Å²) in [5.74, 6) is 0.882. The molecule has 1 heterocycles. The summed E-state index contributed by atoms with van der Waals surface area (Å²) < 4.78 is 5.26. The Morgan fingerprint density at radius 3 is 2.67 bits per heavy atom. The third-order valence-electron chi connectivity index (χ3n) is 3.00. The Kier molecular flexibility index (Phi) is 5.85. The van der Waals surface area contributed by atoms with E-state index in [1.54, 1.807) is 0 Å². The lowest BCUT2D eigenvalue weighted by atomic mass is 10.1. The van der Waals surface area contributed by atoms with Crippen molar-refractivity contribution in [2.24, 2.45) is 5.92 Å². The van der Waals surface area contributed by atoms with Crippen LogP contribution in [0.15, 0.2) is 4.52 Å². The standard InChI is InChI=1S/C13H23N3O2/c1-5-11-10(12(6-2)18-16-11)8-15-13(17)9(3)7-14-4/h9,14H,5-8H2,1-4H3,(H,15,17). The first-order chi connectivity index (χ1) is 8.63. The highest BCUT2D eigenvalue weighted by Gasteiger charge is 2.16. The Balaban J connectivity index is 2.62. The summed E-state index contributed by atoms with van der Waals surface area (Å²) in [6, 6.07) is 0. The maximum atomic E-state index is 11.8. The van der Waals surface area contributed by atoms with E-state index in [-0.39, 0.29) is 11.8 Å². The molecule has 1 atom stereocenters. The van der Waals surface area contributed by atoms with E-state index in [0.29, 0.717) is 13.1 Å². The molecule has 0 radical (unpaired) electrons. The second-order valence-corrected chi connectivity index (χ2v) is 4.41. The van der Waals surface area contributed by atoms with Gasteiger partial charge in [-0.25, -0.2) is 0 Å². The number of aryl methyl sites for hydroxylation is 2. The van der Waals surface area contributed by atoms with E-state index in [0.717, 1.165) is 29.9 Å². The molecule has 0 aromatic carbocycles. The van der Waals surface area contributed by atoms with E-state index in [9.17, 15) is 4.79 Å². The number of hydrogen-bond acceptors (Lipinski definition) is 4. The van der Waals surface area contributed by atoms with Gasteiger partial charge in [0.2, 0.25) is 5.91 Å². The van der Waals surface area contributed by atoms with Crippen LogP contribution in [0.2, 0.25) is 0 Å². The molecular weight excluding hydrogens is 230 g/mol. The Morgan fingerprint density at radius 2 is 2.11 bits per heavy atom. The maximum absolute atomic E-state index is 11.8. The summed E-state index contributed by atoms with van der Waals surface area (Å²) in [4.78, 5) is 11.8. The van der Waals surface area contributed by atoms with Crippen molar-refractivity contribution >= 4 is 5.91 Å². The van der Waals surface area contributed by atoms with E-state index < -0.39 is 0 Å². The molecular formula is C13H23N3O2. The maximum Gasteiger partial charge on any atom is 0.224 e. The molecule has 1 aromatic rings. The number of aromatic nitrogens is 1. The van der Waals surface area contributed by atoms with Crippen LogP contribution in [0.3, 0.4) is 0 Å². The molecule has 5 nitrogen and oxygen atoms in total. The van der Waals surface area contributed by atoms with Crippen molar-refractivity contribution in [3.63, 3.8) is 0 Å². The van der Waals surface area contributed by atoms with Crippen LogP contribution in [0.4, 0.5) is 0 Å². The minimum atomic E-state index is -0.0370. The molecule has 1 unspecified atom stereocenters. The van der Waals surface area contributed by atoms with Crippen molar-refractivity contribution in [2.45, 2.75) is 40.2 Å². The lowest BCUT2D eigenvalue weighted by Crippen LogP contribution is -2.34. The van der Waals surface area contributed by atoms with Gasteiger partial charge < -0.3 is 15.2 Å². The number of amides is 1. The molecule has 0 saturated carbocycles. The van der Waals surface area contributed by atoms with Crippen LogP contribution in [0.25, 0.3) is 0 Å². The third kappa shape index (κ3) is 3.57. The summed E-state index contributed by atoms with van der Waals surface area (Å²) in [5.41, 5.74) is 1.97. The molecule has 1 aromatic heterocycles. The zero-order valence-corrected chi connectivity index (χ0v) is 11.7. The molecule has 0 aliphatic rings. The number of hydrogen-bond donors (Lipinski definition) is 2. The van der Waals surface area contributed by atoms with Gasteiger partial charge >= 0.3 is 0 Å². The Morgan fingerprint density at radius 1 is 1.39 bits per heavy atom. The second-order valence-electron chi connectivity index (χ2n) is 4.41. The van der Waals surface area contributed by atoms with Crippen LogP contribution in [0, 0.1) is 5.92 Å². The van der Waals surface area contributed by atoms with Crippen molar-refractivity contribution in [3.05, 3.63) is 17.0 Å². The molecule has 0 bridgehead atoms. The first kappa shape index (κ1) is 14.7. The third-order valence-corrected chi connectivity index (χ3v) is 3.00. The van der Waals surface area contributed by atoms with Gasteiger partial charge in [0.25, 0.3) is 0 Å². The Labute approximate surface area is 108 Å². The Hall–Kier alpha value is -1.36. The minimum Gasteiger partial charge on any atom is -0.361 e. The highest BCUT2D eigenvalue weighted by Crippen LogP contribution is 2.15. The fourth-order valence-electron chi connectivity index (χ4n) is 1.89. The molecule has 0 aliphatic heterocycles. The van der Waals surface area contributed by atoms with Crippen LogP contribution in [0.1, 0.15) is 37.8 Å². The van der Waals surface area contributed by atoms with Gasteiger partial charge in [-0.05, 0) is 13.5 Å². The molecule has 1 rings (SSSR count). The number of carbonyl (C=O) groups is 1. The molecule has 0 aliphatic carbocycles. The molecule has 102 valence electrons. The number of rotatable bonds is 7. The van der Waals surface area contributed by atoms with Crippen LogP contribution < -0.4 is 10.6 Å². The van der Waals surface area contributed by atoms with Crippen molar-refractivity contribution in [2.75, 3.05) is 13.6 Å². The largest absolute Gasteiger partial charge is 0.361 e. The predicted octanol–water partition coefficient (Wildman–Crippen LogP) is 1.27. The molecule has 0 spiro atoms. The summed E-state index contributed by atoms with van der Waals surface area (Å²) >= 11 is 0. The first-order valence-corrected chi connectivity index (χ1v) is 6.52. The summed E-state index contributed by atoms with van der Waals surface area (Å²) in [7, 11) is 1.84. The van der Waals surface area contributed by atoms with Crippen molar-refractivity contribution in [1.29, 1.82) is 0 Å². The molecule has 0 saturated heterocycles. The lowest BCUT2D eigenvalue weighted by molar-refractivity contribution is -0.124. The Bertz CT molecular complexity index is 366. The van der Waals surface area contributed by atoms with Crippen molar-refractivity contribution in [1.82, 2.24) is 15.8 Å². The number of carbonyl (C=O) groups excluding carboxylic acids is 1. The predicted molar refractivity (Wildman–Crippen MR) is 70.2 cm³/mol. The van der Waals surface area contributed by atoms with E-state index in [2.05, 4.69) is 15.8 Å². The van der Waals surface area contributed by atoms with Crippen molar-refractivity contribution in [3.8, 4) is 0 Å². The number of nitrogens with zero attached hydrogens (tertiary/aromatic N) is 1. The van der Waals surface area contributed by atoms with Crippen LogP contribution in [-0.4, -0.2) is 24.7 Å². The van der Waals surface area contributed by atoms with Gasteiger partial charge in [-0.3, -0.25) is 4.79 Å². The van der Waals surface area contributed by atoms with Crippen molar-refractivity contribution < 1.29 is 9.32 Å². The van der Waals surface area contributed by atoms with Gasteiger partial charge in [0.05, 0.1) is 5.69 Å². The monoisotopic (exact) mass is 253 g/mol. The fraction of sp³-hybridized carbons (Fsp3) is 0.692. The zero-order valence-electron chi connectivity index (χ0n) is 11.7. The van der Waals surface area contributed by atoms with Gasteiger partial charge in [-0.15, -0.1) is 0 Å². The highest BCUT2D eigenvalue weighted by atomic mass is 16.5. The van der Waals surface area contributed by atoms with Gasteiger partial charge in [0.1, 0.15) is 5.76 Å². The number of nitrogens with one attached hydrogen (secondary N) is 2. The second kappa shape index (κ2) is 7.16. The average Bonchev–Trinajstić information content (AvgIpc) is 2.78. The minimum absolute atomic E-state index is 0.0370. The normalized spacial score (nSPS) is 12.4. The fourth-order valence-corrected chi connectivity index (χ4v) is 1.89.